The highest BCUT2D eigenvalue weighted by molar-refractivity contribution is 6.30. The molecule has 1 heterocycles. The van der Waals surface area contributed by atoms with Crippen LogP contribution in [0.2, 0.25) is 5.02 Å². The van der Waals surface area contributed by atoms with Crippen molar-refractivity contribution >= 4 is 23.4 Å². The van der Waals surface area contributed by atoms with E-state index in [4.69, 9.17) is 16.3 Å². The Morgan fingerprint density at radius 1 is 1.04 bits per heavy atom. The first-order valence-corrected chi connectivity index (χ1v) is 8.46. The third kappa shape index (κ3) is 4.38. The molecular weight excluding hydrogens is 316 g/mol. The third-order valence-corrected chi connectivity index (χ3v) is 4.51. The molecule has 0 aromatic heterocycles. The normalized spacial score (nSPS) is 18.5. The number of rotatable bonds is 4. The van der Waals surface area contributed by atoms with Crippen LogP contribution in [-0.2, 0) is 9.59 Å². The summed E-state index contributed by atoms with van der Waals surface area (Å²) < 4.78 is 5.51. The zero-order chi connectivity index (χ0) is 16.2. The lowest BCUT2D eigenvalue weighted by molar-refractivity contribution is -0.135. The summed E-state index contributed by atoms with van der Waals surface area (Å²) in [7, 11) is 0. The molecule has 1 aromatic rings. The van der Waals surface area contributed by atoms with Gasteiger partial charge in [-0.1, -0.05) is 11.6 Å². The maximum Gasteiger partial charge on any atom is 0.260 e. The van der Waals surface area contributed by atoms with Crippen LogP contribution in [-0.4, -0.2) is 54.4 Å². The molecule has 1 saturated heterocycles. The summed E-state index contributed by atoms with van der Waals surface area (Å²) in [5, 5.41) is 0.636. The molecule has 2 amide bonds. The molecule has 124 valence electrons. The van der Waals surface area contributed by atoms with Gasteiger partial charge in [-0.05, 0) is 43.5 Å². The Balaban J connectivity index is 1.47. The predicted molar refractivity (Wildman–Crippen MR) is 87.4 cm³/mol. The number of benzene rings is 1. The molecule has 0 radical (unpaired) electrons. The van der Waals surface area contributed by atoms with Crippen LogP contribution in [0.5, 0.6) is 5.75 Å². The highest BCUT2D eigenvalue weighted by Crippen LogP contribution is 2.31. The number of carbonyl (C=O) groups is 2. The lowest BCUT2D eigenvalue weighted by Gasteiger charge is -2.22. The fraction of sp³-hybridized carbons (Fsp3) is 0.529. The number of carbonyl (C=O) groups excluding carboxylic acids is 2. The topological polar surface area (TPSA) is 49.9 Å². The fourth-order valence-corrected chi connectivity index (χ4v) is 2.87. The second-order valence-corrected chi connectivity index (χ2v) is 6.51. The zero-order valence-corrected chi connectivity index (χ0v) is 13.8. The van der Waals surface area contributed by atoms with E-state index in [1.807, 2.05) is 4.90 Å². The van der Waals surface area contributed by atoms with Gasteiger partial charge in [0.05, 0.1) is 0 Å². The Kier molecular flexibility index (Phi) is 5.06. The average molecular weight is 337 g/mol. The molecule has 1 aromatic carbocycles. The molecule has 2 aliphatic rings. The molecular formula is C17H21ClN2O3. The van der Waals surface area contributed by atoms with E-state index >= 15 is 0 Å². The van der Waals surface area contributed by atoms with Crippen molar-refractivity contribution < 1.29 is 14.3 Å². The summed E-state index contributed by atoms with van der Waals surface area (Å²) in [5.41, 5.74) is 0. The largest absolute Gasteiger partial charge is 0.484 e. The SMILES string of the molecule is O=C(COc1ccc(Cl)cc1)N1CCCN(C(=O)C2CC2)CC1. The van der Waals surface area contributed by atoms with Gasteiger partial charge in [0.1, 0.15) is 5.75 Å². The summed E-state index contributed by atoms with van der Waals surface area (Å²) in [6, 6.07) is 6.95. The third-order valence-electron chi connectivity index (χ3n) is 4.26. The van der Waals surface area contributed by atoms with Crippen LogP contribution >= 0.6 is 11.6 Å². The second-order valence-electron chi connectivity index (χ2n) is 6.08. The second kappa shape index (κ2) is 7.21. The van der Waals surface area contributed by atoms with Crippen LogP contribution in [0, 0.1) is 5.92 Å². The fourth-order valence-electron chi connectivity index (χ4n) is 2.74. The molecule has 2 fully saturated rings. The Bertz CT molecular complexity index is 572. The highest BCUT2D eigenvalue weighted by Gasteiger charge is 2.34. The van der Waals surface area contributed by atoms with Crippen molar-refractivity contribution in [3.63, 3.8) is 0 Å². The molecule has 0 N–H and O–H groups in total. The Labute approximate surface area is 141 Å². The van der Waals surface area contributed by atoms with Crippen LogP contribution in [0.1, 0.15) is 19.3 Å². The summed E-state index contributed by atoms with van der Waals surface area (Å²) in [6.07, 6.45) is 2.87. The van der Waals surface area contributed by atoms with Gasteiger partial charge in [0.15, 0.2) is 6.61 Å². The molecule has 0 bridgehead atoms. The van der Waals surface area contributed by atoms with Gasteiger partial charge in [-0.2, -0.15) is 0 Å². The molecule has 5 nitrogen and oxygen atoms in total. The number of hydrogen-bond acceptors (Lipinski definition) is 3. The van der Waals surface area contributed by atoms with Crippen molar-refractivity contribution in [2.45, 2.75) is 19.3 Å². The molecule has 0 atom stereocenters. The number of nitrogens with zero attached hydrogens (tertiary/aromatic N) is 2. The summed E-state index contributed by atoms with van der Waals surface area (Å²) in [5.74, 6) is 1.09. The van der Waals surface area contributed by atoms with Gasteiger partial charge >= 0.3 is 0 Å². The van der Waals surface area contributed by atoms with Crippen LogP contribution < -0.4 is 4.74 Å². The predicted octanol–water partition coefficient (Wildman–Crippen LogP) is 2.19. The van der Waals surface area contributed by atoms with Crippen molar-refractivity contribution in [3.8, 4) is 5.75 Å². The van der Waals surface area contributed by atoms with Crippen LogP contribution in [0.4, 0.5) is 0 Å². The van der Waals surface area contributed by atoms with Gasteiger partial charge < -0.3 is 14.5 Å². The van der Waals surface area contributed by atoms with E-state index in [2.05, 4.69) is 0 Å². The monoisotopic (exact) mass is 336 g/mol. The molecule has 0 unspecified atom stereocenters. The first-order valence-electron chi connectivity index (χ1n) is 8.08. The zero-order valence-electron chi connectivity index (χ0n) is 13.0. The van der Waals surface area contributed by atoms with E-state index < -0.39 is 0 Å². The Morgan fingerprint density at radius 2 is 1.70 bits per heavy atom. The molecule has 6 heteroatoms. The minimum absolute atomic E-state index is 0.0121. The van der Waals surface area contributed by atoms with E-state index in [0.29, 0.717) is 30.4 Å². The number of halogens is 1. The quantitative estimate of drug-likeness (QED) is 0.847. The van der Waals surface area contributed by atoms with Gasteiger partial charge in [-0.15, -0.1) is 0 Å². The smallest absolute Gasteiger partial charge is 0.260 e. The lowest BCUT2D eigenvalue weighted by Crippen LogP contribution is -2.39. The van der Waals surface area contributed by atoms with E-state index in [9.17, 15) is 9.59 Å². The van der Waals surface area contributed by atoms with Crippen LogP contribution in [0.25, 0.3) is 0 Å². The molecule has 23 heavy (non-hydrogen) atoms. The number of amides is 2. The Hall–Kier alpha value is -1.75. The minimum atomic E-state index is -0.0410. The van der Waals surface area contributed by atoms with Crippen molar-refractivity contribution in [2.75, 3.05) is 32.8 Å². The summed E-state index contributed by atoms with van der Waals surface area (Å²) in [6.45, 7) is 2.65. The number of ether oxygens (including phenoxy) is 1. The Morgan fingerprint density at radius 3 is 2.39 bits per heavy atom. The summed E-state index contributed by atoms with van der Waals surface area (Å²) >= 11 is 5.82. The van der Waals surface area contributed by atoms with Gasteiger partial charge in [0, 0.05) is 37.1 Å². The standard InChI is InChI=1S/C17H21ClN2O3/c18-14-4-6-15(7-5-14)23-12-16(21)19-8-1-9-20(11-10-19)17(22)13-2-3-13/h4-7,13H,1-3,8-12H2. The van der Waals surface area contributed by atoms with Crippen LogP contribution in [0.15, 0.2) is 24.3 Å². The highest BCUT2D eigenvalue weighted by atomic mass is 35.5. The van der Waals surface area contributed by atoms with Crippen molar-refractivity contribution in [1.82, 2.24) is 9.80 Å². The van der Waals surface area contributed by atoms with Crippen molar-refractivity contribution in [1.29, 1.82) is 0 Å². The maximum absolute atomic E-state index is 12.3. The molecule has 0 spiro atoms. The van der Waals surface area contributed by atoms with Gasteiger partial charge in [0.25, 0.3) is 5.91 Å². The van der Waals surface area contributed by atoms with E-state index in [0.717, 1.165) is 25.8 Å². The van der Waals surface area contributed by atoms with Crippen LogP contribution in [0.3, 0.4) is 0 Å². The van der Waals surface area contributed by atoms with Crippen molar-refractivity contribution in [2.24, 2.45) is 5.92 Å². The lowest BCUT2D eigenvalue weighted by atomic mass is 10.3. The first-order chi connectivity index (χ1) is 11.1. The molecule has 1 aliphatic heterocycles. The van der Waals surface area contributed by atoms with E-state index in [1.54, 1.807) is 29.2 Å². The van der Waals surface area contributed by atoms with E-state index in [-0.39, 0.29) is 24.3 Å². The minimum Gasteiger partial charge on any atom is -0.484 e. The maximum atomic E-state index is 12.3. The van der Waals surface area contributed by atoms with Gasteiger partial charge in [-0.25, -0.2) is 0 Å². The molecule has 1 saturated carbocycles. The first kappa shape index (κ1) is 16.1. The van der Waals surface area contributed by atoms with Gasteiger partial charge in [0.2, 0.25) is 5.91 Å². The average Bonchev–Trinajstić information content (AvgIpc) is 3.39. The van der Waals surface area contributed by atoms with Crippen molar-refractivity contribution in [3.05, 3.63) is 29.3 Å². The van der Waals surface area contributed by atoms with E-state index in [1.165, 1.54) is 0 Å². The number of hydrogen-bond donors (Lipinski definition) is 0. The summed E-state index contributed by atoms with van der Waals surface area (Å²) in [4.78, 5) is 28.1. The van der Waals surface area contributed by atoms with Gasteiger partial charge in [-0.3, -0.25) is 9.59 Å². The molecule has 1 aliphatic carbocycles. The molecule has 3 rings (SSSR count).